The van der Waals surface area contributed by atoms with Crippen LogP contribution in [-0.4, -0.2) is 63.2 Å². The molecule has 0 bridgehead atoms. The van der Waals surface area contributed by atoms with Crippen molar-refractivity contribution in [2.75, 3.05) is 52.6 Å². The fraction of sp³-hybridized carbons (Fsp3) is 0.571. The quantitative estimate of drug-likeness (QED) is 0.852. The smallest absolute Gasteiger partial charge is 0.142 e. The van der Waals surface area contributed by atoms with Gasteiger partial charge in [0.15, 0.2) is 0 Å². The van der Waals surface area contributed by atoms with Crippen LogP contribution in [0.4, 0.5) is 5.69 Å². The molecule has 1 atom stereocenters. The Bertz CT molecular complexity index is 381. The van der Waals surface area contributed by atoms with Crippen molar-refractivity contribution in [2.24, 2.45) is 0 Å². The third-order valence-corrected chi connectivity index (χ3v) is 3.15. The molecule has 0 fully saturated rings. The predicted molar refractivity (Wildman–Crippen MR) is 75.4 cm³/mol. The van der Waals surface area contributed by atoms with Crippen LogP contribution in [0.15, 0.2) is 24.3 Å². The van der Waals surface area contributed by atoms with Crippen LogP contribution < -0.4 is 10.1 Å². The summed E-state index contributed by atoms with van der Waals surface area (Å²) in [7, 11) is 6.35. The Balaban J connectivity index is 1.82. The predicted octanol–water partition coefficient (Wildman–Crippen LogP) is 1.35. The molecule has 1 aromatic carbocycles. The van der Waals surface area contributed by atoms with Crippen LogP contribution in [0.2, 0.25) is 0 Å². The van der Waals surface area contributed by atoms with Crippen LogP contribution in [0.5, 0.6) is 5.75 Å². The first-order valence-corrected chi connectivity index (χ1v) is 6.48. The summed E-state index contributed by atoms with van der Waals surface area (Å²) in [4.78, 5) is 4.52. The fourth-order valence-corrected chi connectivity index (χ4v) is 2.07. The van der Waals surface area contributed by atoms with Gasteiger partial charge in [0.2, 0.25) is 0 Å². The zero-order valence-electron chi connectivity index (χ0n) is 11.5. The number of likely N-dealkylation sites (N-methyl/N-ethyl adjacent to an activating group) is 2. The van der Waals surface area contributed by atoms with Gasteiger partial charge in [-0.25, -0.2) is 0 Å². The molecule has 0 spiro atoms. The zero-order chi connectivity index (χ0) is 13.0. The van der Waals surface area contributed by atoms with Gasteiger partial charge in [0.25, 0.3) is 0 Å². The number of fused-ring (bicyclic) bond motifs is 1. The number of nitrogens with one attached hydrogen (secondary N) is 1. The van der Waals surface area contributed by atoms with E-state index in [1.54, 1.807) is 0 Å². The summed E-state index contributed by atoms with van der Waals surface area (Å²) >= 11 is 0. The Kier molecular flexibility index (Phi) is 4.44. The largest absolute Gasteiger partial charge is 0.485 e. The minimum atomic E-state index is 0.229. The Labute approximate surface area is 110 Å². The number of nitrogens with zero attached hydrogens (tertiary/aromatic N) is 2. The third kappa shape index (κ3) is 3.62. The first kappa shape index (κ1) is 13.2. The summed E-state index contributed by atoms with van der Waals surface area (Å²) in [5.41, 5.74) is 1.10. The highest BCUT2D eigenvalue weighted by Gasteiger charge is 2.19. The second-order valence-corrected chi connectivity index (χ2v) is 5.18. The van der Waals surface area contributed by atoms with Gasteiger partial charge in [-0.05, 0) is 33.3 Å². The van der Waals surface area contributed by atoms with E-state index in [-0.39, 0.29) is 6.10 Å². The van der Waals surface area contributed by atoms with Crippen molar-refractivity contribution in [2.45, 2.75) is 6.10 Å². The summed E-state index contributed by atoms with van der Waals surface area (Å²) < 4.78 is 5.99. The van der Waals surface area contributed by atoms with Crippen LogP contribution in [0.25, 0.3) is 0 Å². The number of hydrogen-bond acceptors (Lipinski definition) is 4. The summed E-state index contributed by atoms with van der Waals surface area (Å²) in [5.74, 6) is 0.967. The lowest BCUT2D eigenvalue weighted by molar-refractivity contribution is 0.146. The topological polar surface area (TPSA) is 27.7 Å². The molecule has 2 rings (SSSR count). The molecule has 0 aliphatic carbocycles. The van der Waals surface area contributed by atoms with E-state index in [1.165, 1.54) is 0 Å². The van der Waals surface area contributed by atoms with E-state index in [0.717, 1.165) is 37.6 Å². The highest BCUT2D eigenvalue weighted by Crippen LogP contribution is 2.28. The average Bonchev–Trinajstić information content (AvgIpc) is 2.36. The van der Waals surface area contributed by atoms with Crippen molar-refractivity contribution in [3.8, 4) is 5.75 Å². The molecular formula is C14H23N3O. The monoisotopic (exact) mass is 249 g/mol. The van der Waals surface area contributed by atoms with Gasteiger partial charge < -0.3 is 19.9 Å². The maximum absolute atomic E-state index is 5.99. The number of para-hydroxylation sites is 2. The van der Waals surface area contributed by atoms with Crippen LogP contribution >= 0.6 is 0 Å². The van der Waals surface area contributed by atoms with Gasteiger partial charge >= 0.3 is 0 Å². The molecule has 0 radical (unpaired) electrons. The van der Waals surface area contributed by atoms with Crippen LogP contribution in [0.1, 0.15) is 0 Å². The van der Waals surface area contributed by atoms with Crippen LogP contribution in [0, 0.1) is 0 Å². The molecule has 1 heterocycles. The van der Waals surface area contributed by atoms with Crippen LogP contribution in [-0.2, 0) is 0 Å². The summed E-state index contributed by atoms with van der Waals surface area (Å²) in [6.07, 6.45) is 0.229. The van der Waals surface area contributed by atoms with E-state index in [2.05, 4.69) is 42.3 Å². The molecule has 1 aliphatic rings. The molecule has 1 aromatic rings. The minimum Gasteiger partial charge on any atom is -0.485 e. The van der Waals surface area contributed by atoms with Gasteiger partial charge in [-0.1, -0.05) is 12.1 Å². The molecule has 1 N–H and O–H groups in total. The minimum absolute atomic E-state index is 0.229. The van der Waals surface area contributed by atoms with Gasteiger partial charge in [0.05, 0.1) is 12.2 Å². The van der Waals surface area contributed by atoms with Gasteiger partial charge in [-0.15, -0.1) is 0 Å². The van der Waals surface area contributed by atoms with Crippen molar-refractivity contribution >= 4 is 5.69 Å². The maximum Gasteiger partial charge on any atom is 0.142 e. The van der Waals surface area contributed by atoms with Gasteiger partial charge in [-0.3, -0.25) is 0 Å². The van der Waals surface area contributed by atoms with Crippen molar-refractivity contribution in [3.05, 3.63) is 24.3 Å². The fourth-order valence-electron chi connectivity index (χ4n) is 2.07. The number of hydrogen-bond donors (Lipinski definition) is 1. The molecular weight excluding hydrogens is 226 g/mol. The third-order valence-electron chi connectivity index (χ3n) is 3.15. The Morgan fingerprint density at radius 3 is 2.78 bits per heavy atom. The van der Waals surface area contributed by atoms with Crippen molar-refractivity contribution < 1.29 is 4.74 Å². The molecule has 0 amide bonds. The zero-order valence-corrected chi connectivity index (χ0v) is 11.5. The van der Waals surface area contributed by atoms with E-state index in [9.17, 15) is 0 Å². The highest BCUT2D eigenvalue weighted by molar-refractivity contribution is 5.57. The van der Waals surface area contributed by atoms with E-state index < -0.39 is 0 Å². The lowest BCUT2D eigenvalue weighted by Crippen LogP contribution is -2.42. The molecule has 4 heteroatoms. The lowest BCUT2D eigenvalue weighted by atomic mass is 10.2. The van der Waals surface area contributed by atoms with E-state index >= 15 is 0 Å². The molecule has 1 aliphatic heterocycles. The molecule has 1 unspecified atom stereocenters. The summed E-state index contributed by atoms with van der Waals surface area (Å²) in [6, 6.07) is 8.12. The Morgan fingerprint density at radius 2 is 2.00 bits per heavy atom. The van der Waals surface area contributed by atoms with E-state index in [4.69, 9.17) is 4.74 Å². The van der Waals surface area contributed by atoms with Crippen LogP contribution in [0.3, 0.4) is 0 Å². The average molecular weight is 249 g/mol. The summed E-state index contributed by atoms with van der Waals surface area (Å²) in [6.45, 7) is 3.97. The second kappa shape index (κ2) is 6.07. The highest BCUT2D eigenvalue weighted by atomic mass is 16.5. The van der Waals surface area contributed by atoms with Crippen molar-refractivity contribution in [1.82, 2.24) is 9.80 Å². The normalized spacial score (nSPS) is 18.4. The van der Waals surface area contributed by atoms with E-state index in [0.29, 0.717) is 0 Å². The number of benzene rings is 1. The Hall–Kier alpha value is -1.26. The first-order valence-electron chi connectivity index (χ1n) is 6.48. The molecule has 0 saturated heterocycles. The second-order valence-electron chi connectivity index (χ2n) is 5.18. The number of anilines is 1. The van der Waals surface area contributed by atoms with Crippen molar-refractivity contribution in [3.63, 3.8) is 0 Å². The molecule has 18 heavy (non-hydrogen) atoms. The lowest BCUT2D eigenvalue weighted by Gasteiger charge is -2.30. The first-order chi connectivity index (χ1) is 8.65. The van der Waals surface area contributed by atoms with E-state index in [1.807, 2.05) is 18.2 Å². The number of rotatable bonds is 5. The Morgan fingerprint density at radius 1 is 1.22 bits per heavy atom. The SMILES string of the molecule is CN(C)CCN(C)CC1CNc2ccccc2O1. The number of ether oxygens (including phenoxy) is 1. The maximum atomic E-state index is 5.99. The molecule has 0 saturated carbocycles. The standard InChI is InChI=1S/C14H23N3O/c1-16(2)8-9-17(3)11-12-10-15-13-6-4-5-7-14(13)18-12/h4-7,12,15H,8-11H2,1-3H3. The van der Waals surface area contributed by atoms with Gasteiger partial charge in [0.1, 0.15) is 11.9 Å². The molecule has 100 valence electrons. The van der Waals surface area contributed by atoms with Crippen molar-refractivity contribution in [1.29, 1.82) is 0 Å². The molecule has 0 aromatic heterocycles. The van der Waals surface area contributed by atoms with Gasteiger partial charge in [0, 0.05) is 19.6 Å². The van der Waals surface area contributed by atoms with Gasteiger partial charge in [-0.2, -0.15) is 0 Å². The summed E-state index contributed by atoms with van der Waals surface area (Å²) in [5, 5.41) is 3.42. The molecule has 4 nitrogen and oxygen atoms in total.